The van der Waals surface area contributed by atoms with Crippen LogP contribution in [0.2, 0.25) is 5.02 Å². The van der Waals surface area contributed by atoms with Gasteiger partial charge in [0.15, 0.2) is 0 Å². The molecule has 1 atom stereocenters. The topological polar surface area (TPSA) is 56.9 Å². The van der Waals surface area contributed by atoms with Crippen LogP contribution in [0.15, 0.2) is 48.5 Å². The molecule has 0 bridgehead atoms. The molecule has 1 unspecified atom stereocenters. The van der Waals surface area contributed by atoms with Crippen molar-refractivity contribution in [3.63, 3.8) is 0 Å². The van der Waals surface area contributed by atoms with E-state index in [0.29, 0.717) is 10.7 Å². The number of carbonyl (C=O) groups is 1. The molecule has 2 aromatic carbocycles. The van der Waals surface area contributed by atoms with Crippen molar-refractivity contribution in [3.8, 4) is 0 Å². The SMILES string of the molecule is O=C(Nc1cccc(Cl)c1)NC1CCc2c([nH]c3ccccc23)C1. The fraction of sp³-hybridized carbons (Fsp3) is 0.211. The molecular weight excluding hydrogens is 322 g/mol. The Hall–Kier alpha value is -2.46. The molecule has 1 aliphatic carbocycles. The number of carbonyl (C=O) groups excluding carboxylic acids is 1. The number of rotatable bonds is 2. The number of para-hydroxylation sites is 1. The normalized spacial score (nSPS) is 16.6. The number of benzene rings is 2. The Balaban J connectivity index is 1.44. The van der Waals surface area contributed by atoms with Crippen LogP contribution in [-0.4, -0.2) is 17.1 Å². The van der Waals surface area contributed by atoms with E-state index in [1.807, 2.05) is 18.2 Å². The zero-order valence-corrected chi connectivity index (χ0v) is 13.9. The summed E-state index contributed by atoms with van der Waals surface area (Å²) in [6, 6.07) is 15.5. The van der Waals surface area contributed by atoms with E-state index in [-0.39, 0.29) is 12.1 Å². The van der Waals surface area contributed by atoms with Gasteiger partial charge in [0.25, 0.3) is 0 Å². The predicted molar refractivity (Wildman–Crippen MR) is 97.7 cm³/mol. The maximum Gasteiger partial charge on any atom is 0.319 e. The van der Waals surface area contributed by atoms with E-state index in [1.165, 1.54) is 22.2 Å². The van der Waals surface area contributed by atoms with E-state index in [9.17, 15) is 4.79 Å². The molecule has 0 saturated carbocycles. The van der Waals surface area contributed by atoms with Crippen LogP contribution in [0.5, 0.6) is 0 Å². The number of urea groups is 1. The van der Waals surface area contributed by atoms with Crippen molar-refractivity contribution in [2.75, 3.05) is 5.32 Å². The largest absolute Gasteiger partial charge is 0.358 e. The van der Waals surface area contributed by atoms with E-state index in [4.69, 9.17) is 11.6 Å². The van der Waals surface area contributed by atoms with Crippen LogP contribution in [-0.2, 0) is 12.8 Å². The summed E-state index contributed by atoms with van der Waals surface area (Å²) >= 11 is 5.94. The molecule has 24 heavy (non-hydrogen) atoms. The third-order valence-electron chi connectivity index (χ3n) is 4.51. The number of aryl methyl sites for hydroxylation is 1. The Labute approximate surface area is 145 Å². The highest BCUT2D eigenvalue weighted by Gasteiger charge is 2.23. The molecule has 4 nitrogen and oxygen atoms in total. The van der Waals surface area contributed by atoms with Crippen LogP contribution in [0.1, 0.15) is 17.7 Å². The highest BCUT2D eigenvalue weighted by molar-refractivity contribution is 6.30. The van der Waals surface area contributed by atoms with Crippen molar-refractivity contribution in [1.29, 1.82) is 0 Å². The average Bonchev–Trinajstić information content (AvgIpc) is 2.92. The van der Waals surface area contributed by atoms with Gasteiger partial charge in [0, 0.05) is 39.8 Å². The van der Waals surface area contributed by atoms with Gasteiger partial charge in [0.2, 0.25) is 0 Å². The molecule has 0 aliphatic heterocycles. The van der Waals surface area contributed by atoms with Gasteiger partial charge < -0.3 is 15.6 Å². The Bertz CT molecular complexity index is 903. The lowest BCUT2D eigenvalue weighted by Gasteiger charge is -2.23. The van der Waals surface area contributed by atoms with Crippen molar-refractivity contribution in [1.82, 2.24) is 10.3 Å². The molecule has 1 aromatic heterocycles. The second kappa shape index (κ2) is 6.21. The number of aromatic amines is 1. The average molecular weight is 340 g/mol. The monoisotopic (exact) mass is 339 g/mol. The van der Waals surface area contributed by atoms with Gasteiger partial charge in [-0.1, -0.05) is 35.9 Å². The predicted octanol–water partition coefficient (Wildman–Crippen LogP) is 4.50. The van der Waals surface area contributed by atoms with Gasteiger partial charge in [0.05, 0.1) is 0 Å². The molecule has 2 amide bonds. The van der Waals surface area contributed by atoms with E-state index in [0.717, 1.165) is 19.3 Å². The Morgan fingerprint density at radius 2 is 2.04 bits per heavy atom. The number of halogens is 1. The number of hydrogen-bond acceptors (Lipinski definition) is 1. The molecule has 0 saturated heterocycles. The molecule has 5 heteroatoms. The number of fused-ring (bicyclic) bond motifs is 3. The summed E-state index contributed by atoms with van der Waals surface area (Å²) in [5.41, 5.74) is 4.49. The van der Waals surface area contributed by atoms with E-state index in [2.05, 4.69) is 33.8 Å². The minimum Gasteiger partial charge on any atom is -0.358 e. The fourth-order valence-corrected chi connectivity index (χ4v) is 3.61. The van der Waals surface area contributed by atoms with Gasteiger partial charge in [-0.05, 0) is 42.7 Å². The lowest BCUT2D eigenvalue weighted by atomic mass is 9.92. The maximum atomic E-state index is 12.2. The first-order chi connectivity index (χ1) is 11.7. The summed E-state index contributed by atoms with van der Waals surface area (Å²) in [7, 11) is 0. The third kappa shape index (κ3) is 2.97. The van der Waals surface area contributed by atoms with Crippen molar-refractivity contribution < 1.29 is 4.79 Å². The smallest absolute Gasteiger partial charge is 0.319 e. The van der Waals surface area contributed by atoms with Crippen LogP contribution < -0.4 is 10.6 Å². The van der Waals surface area contributed by atoms with Crippen LogP contribution >= 0.6 is 11.6 Å². The van der Waals surface area contributed by atoms with Crippen molar-refractivity contribution in [2.24, 2.45) is 0 Å². The molecule has 1 heterocycles. The standard InChI is InChI=1S/C19H18ClN3O/c20-12-4-3-5-13(10-12)21-19(24)22-14-8-9-16-15-6-1-2-7-17(15)23-18(16)11-14/h1-7,10,14,23H,8-9,11H2,(H2,21,22,24). The first kappa shape index (κ1) is 15.1. The van der Waals surface area contributed by atoms with Crippen LogP contribution in [0.4, 0.5) is 10.5 Å². The summed E-state index contributed by atoms with van der Waals surface area (Å²) in [5, 5.41) is 7.80. The lowest BCUT2D eigenvalue weighted by Crippen LogP contribution is -2.41. The second-order valence-electron chi connectivity index (χ2n) is 6.18. The second-order valence-corrected chi connectivity index (χ2v) is 6.61. The summed E-state index contributed by atoms with van der Waals surface area (Å²) in [6.07, 6.45) is 2.74. The van der Waals surface area contributed by atoms with Crippen molar-refractivity contribution in [3.05, 3.63) is 64.8 Å². The Morgan fingerprint density at radius 1 is 1.17 bits per heavy atom. The van der Waals surface area contributed by atoms with Gasteiger partial charge >= 0.3 is 6.03 Å². The Morgan fingerprint density at radius 3 is 2.92 bits per heavy atom. The first-order valence-corrected chi connectivity index (χ1v) is 8.48. The number of aromatic nitrogens is 1. The van der Waals surface area contributed by atoms with E-state index < -0.39 is 0 Å². The summed E-state index contributed by atoms with van der Waals surface area (Å²) < 4.78 is 0. The highest BCUT2D eigenvalue weighted by atomic mass is 35.5. The maximum absolute atomic E-state index is 12.2. The number of amides is 2. The Kier molecular flexibility index (Phi) is 3.90. The molecular formula is C19H18ClN3O. The quantitative estimate of drug-likeness (QED) is 0.632. The zero-order valence-electron chi connectivity index (χ0n) is 13.1. The molecule has 3 N–H and O–H groups in total. The highest BCUT2D eigenvalue weighted by Crippen LogP contribution is 2.29. The zero-order chi connectivity index (χ0) is 16.5. The van der Waals surface area contributed by atoms with Gasteiger partial charge in [-0.2, -0.15) is 0 Å². The molecule has 3 aromatic rings. The van der Waals surface area contributed by atoms with Crippen molar-refractivity contribution in [2.45, 2.75) is 25.3 Å². The van der Waals surface area contributed by atoms with Crippen LogP contribution in [0.25, 0.3) is 10.9 Å². The van der Waals surface area contributed by atoms with Crippen LogP contribution in [0, 0.1) is 0 Å². The van der Waals surface area contributed by atoms with E-state index >= 15 is 0 Å². The lowest BCUT2D eigenvalue weighted by molar-refractivity contribution is 0.247. The van der Waals surface area contributed by atoms with Crippen molar-refractivity contribution >= 4 is 34.2 Å². The molecule has 122 valence electrons. The van der Waals surface area contributed by atoms with Gasteiger partial charge in [-0.15, -0.1) is 0 Å². The van der Waals surface area contributed by atoms with Gasteiger partial charge in [0.1, 0.15) is 0 Å². The number of H-pyrrole nitrogens is 1. The molecule has 1 aliphatic rings. The summed E-state index contributed by atoms with van der Waals surface area (Å²) in [5.74, 6) is 0. The molecule has 4 rings (SSSR count). The molecule has 0 fully saturated rings. The number of nitrogens with one attached hydrogen (secondary N) is 3. The number of anilines is 1. The number of hydrogen-bond donors (Lipinski definition) is 3. The molecule has 0 radical (unpaired) electrons. The minimum atomic E-state index is -0.193. The summed E-state index contributed by atoms with van der Waals surface area (Å²) in [6.45, 7) is 0. The van der Waals surface area contributed by atoms with E-state index in [1.54, 1.807) is 12.1 Å². The first-order valence-electron chi connectivity index (χ1n) is 8.10. The molecule has 0 spiro atoms. The fourth-order valence-electron chi connectivity index (χ4n) is 3.42. The minimum absolute atomic E-state index is 0.129. The summed E-state index contributed by atoms with van der Waals surface area (Å²) in [4.78, 5) is 15.7. The van der Waals surface area contributed by atoms with Gasteiger partial charge in [-0.3, -0.25) is 0 Å². The van der Waals surface area contributed by atoms with Crippen LogP contribution in [0.3, 0.4) is 0 Å². The van der Waals surface area contributed by atoms with Gasteiger partial charge in [-0.25, -0.2) is 4.79 Å². The third-order valence-corrected chi connectivity index (χ3v) is 4.75.